The van der Waals surface area contributed by atoms with Gasteiger partial charge in [0.15, 0.2) is 11.5 Å². The highest BCUT2D eigenvalue weighted by Gasteiger charge is 2.17. The molecule has 5 heteroatoms. The van der Waals surface area contributed by atoms with E-state index in [1.54, 1.807) is 32.4 Å². The van der Waals surface area contributed by atoms with Gasteiger partial charge in [-0.25, -0.2) is 0 Å². The van der Waals surface area contributed by atoms with Gasteiger partial charge in [0.25, 0.3) is 0 Å². The largest absolute Gasteiger partial charge is 0.493 e. The molecule has 19 heavy (non-hydrogen) atoms. The first-order chi connectivity index (χ1) is 8.89. The van der Waals surface area contributed by atoms with E-state index in [0.29, 0.717) is 17.1 Å². The molecule has 0 saturated heterocycles. The number of hydrogen-bond donors (Lipinski definition) is 0. The summed E-state index contributed by atoms with van der Waals surface area (Å²) in [7, 11) is 9.44. The molecule has 0 fully saturated rings. The van der Waals surface area contributed by atoms with Crippen LogP contribution in [0.1, 0.15) is 10.4 Å². The van der Waals surface area contributed by atoms with Crippen molar-refractivity contribution in [3.63, 3.8) is 0 Å². The van der Waals surface area contributed by atoms with E-state index in [1.807, 2.05) is 0 Å². The van der Waals surface area contributed by atoms with Crippen molar-refractivity contribution in [2.24, 2.45) is 0 Å². The van der Waals surface area contributed by atoms with Gasteiger partial charge in [0.05, 0.1) is 53.2 Å². The van der Waals surface area contributed by atoms with Crippen LogP contribution in [0.5, 0.6) is 11.5 Å². The Morgan fingerprint density at radius 1 is 1.21 bits per heavy atom. The molecular formula is C14H22NO3S+. The fourth-order valence-electron chi connectivity index (χ4n) is 1.54. The molecule has 0 aromatic heterocycles. The number of carbonyl (C=O) groups excluding carboxylic acids is 1. The second-order valence-electron chi connectivity index (χ2n) is 5.19. The van der Waals surface area contributed by atoms with Gasteiger partial charge in [-0.1, -0.05) is 17.8 Å². The first-order valence-corrected chi connectivity index (χ1v) is 7.06. The fourth-order valence-corrected chi connectivity index (χ4v) is 2.68. The lowest BCUT2D eigenvalue weighted by atomic mass is 10.2. The van der Waals surface area contributed by atoms with E-state index in [-0.39, 0.29) is 5.12 Å². The molecule has 0 amide bonds. The van der Waals surface area contributed by atoms with E-state index < -0.39 is 0 Å². The van der Waals surface area contributed by atoms with Crippen LogP contribution < -0.4 is 9.47 Å². The van der Waals surface area contributed by atoms with Crippen LogP contribution in [-0.4, -0.2) is 57.3 Å². The summed E-state index contributed by atoms with van der Waals surface area (Å²) in [5.41, 5.74) is 0.563. The van der Waals surface area contributed by atoms with Gasteiger partial charge in [-0.2, -0.15) is 0 Å². The van der Waals surface area contributed by atoms with Crippen molar-refractivity contribution < 1.29 is 18.8 Å². The maximum Gasteiger partial charge on any atom is 0.223 e. The predicted octanol–water partition coefficient (Wildman–Crippen LogP) is 2.28. The molecule has 0 bridgehead atoms. The normalized spacial score (nSPS) is 11.2. The molecule has 1 aromatic carbocycles. The summed E-state index contributed by atoms with van der Waals surface area (Å²) in [5, 5.41) is 0.0178. The highest BCUT2D eigenvalue weighted by molar-refractivity contribution is 8.14. The topological polar surface area (TPSA) is 35.5 Å². The van der Waals surface area contributed by atoms with Crippen molar-refractivity contribution in [2.45, 2.75) is 0 Å². The molecule has 0 spiro atoms. The van der Waals surface area contributed by atoms with Crippen molar-refractivity contribution in [3.05, 3.63) is 23.8 Å². The molecular weight excluding hydrogens is 262 g/mol. The summed E-state index contributed by atoms with van der Waals surface area (Å²) < 4.78 is 11.3. The van der Waals surface area contributed by atoms with Crippen molar-refractivity contribution in [2.75, 3.05) is 47.7 Å². The summed E-state index contributed by atoms with van der Waals surface area (Å²) in [6.45, 7) is 0.933. The van der Waals surface area contributed by atoms with E-state index in [4.69, 9.17) is 9.47 Å². The summed E-state index contributed by atoms with van der Waals surface area (Å²) in [4.78, 5) is 12.2. The quantitative estimate of drug-likeness (QED) is 0.751. The Morgan fingerprint density at radius 2 is 1.89 bits per heavy atom. The monoisotopic (exact) mass is 284 g/mol. The van der Waals surface area contributed by atoms with Crippen molar-refractivity contribution >= 4 is 16.9 Å². The Hall–Kier alpha value is -1.20. The summed E-state index contributed by atoms with van der Waals surface area (Å²) in [6.07, 6.45) is 0. The maximum absolute atomic E-state index is 12.2. The average Bonchev–Trinajstić information content (AvgIpc) is 2.35. The Morgan fingerprint density at radius 3 is 2.42 bits per heavy atom. The minimum Gasteiger partial charge on any atom is -0.493 e. The van der Waals surface area contributed by atoms with Gasteiger partial charge in [-0.3, -0.25) is 4.79 Å². The minimum absolute atomic E-state index is 0.0178. The standard InChI is InChI=1S/C14H22NO3S/c1-15(2,3)9-10-19-14(16)11-7-6-8-12(17-4)13(11)18-5/h6-8H,9-10H2,1-5H3/q+1. The number of methoxy groups -OCH3 is 2. The van der Waals surface area contributed by atoms with E-state index >= 15 is 0 Å². The van der Waals surface area contributed by atoms with Gasteiger partial charge in [0.1, 0.15) is 0 Å². The third kappa shape index (κ3) is 4.76. The Bertz CT molecular complexity index is 441. The lowest BCUT2D eigenvalue weighted by Crippen LogP contribution is -2.36. The zero-order chi connectivity index (χ0) is 14.5. The fraction of sp³-hybridized carbons (Fsp3) is 0.500. The summed E-state index contributed by atoms with van der Waals surface area (Å²) in [6, 6.07) is 5.35. The molecule has 1 aromatic rings. The molecule has 0 radical (unpaired) electrons. The number of carbonyl (C=O) groups is 1. The van der Waals surface area contributed by atoms with E-state index in [2.05, 4.69) is 21.1 Å². The number of rotatable bonds is 6. The zero-order valence-corrected chi connectivity index (χ0v) is 13.0. The zero-order valence-electron chi connectivity index (χ0n) is 12.2. The predicted molar refractivity (Wildman–Crippen MR) is 79.2 cm³/mol. The molecule has 0 aliphatic heterocycles. The second kappa shape index (κ2) is 6.82. The van der Waals surface area contributed by atoms with Crippen LogP contribution in [0.25, 0.3) is 0 Å². The Labute approximate surface area is 119 Å². The van der Waals surface area contributed by atoms with Gasteiger partial charge in [0, 0.05) is 0 Å². The third-order valence-electron chi connectivity index (χ3n) is 2.62. The minimum atomic E-state index is 0.0178. The van der Waals surface area contributed by atoms with E-state index in [0.717, 1.165) is 16.8 Å². The average molecular weight is 284 g/mol. The molecule has 0 unspecified atom stereocenters. The molecule has 106 valence electrons. The Balaban J connectivity index is 2.77. The molecule has 1 rings (SSSR count). The van der Waals surface area contributed by atoms with Crippen LogP contribution >= 0.6 is 11.8 Å². The van der Waals surface area contributed by atoms with Crippen LogP contribution in [0.3, 0.4) is 0 Å². The first kappa shape index (κ1) is 15.9. The number of nitrogens with zero attached hydrogens (tertiary/aromatic N) is 1. The summed E-state index contributed by atoms with van der Waals surface area (Å²) in [5.74, 6) is 1.87. The number of benzene rings is 1. The number of ether oxygens (including phenoxy) is 2. The molecule has 0 aliphatic carbocycles. The van der Waals surface area contributed by atoms with Gasteiger partial charge in [-0.15, -0.1) is 0 Å². The van der Waals surface area contributed by atoms with Gasteiger partial charge in [-0.05, 0) is 12.1 Å². The van der Waals surface area contributed by atoms with Gasteiger partial charge in [0.2, 0.25) is 5.12 Å². The smallest absolute Gasteiger partial charge is 0.223 e. The van der Waals surface area contributed by atoms with Crippen LogP contribution in [0.15, 0.2) is 18.2 Å². The molecule has 0 saturated carbocycles. The molecule has 4 nitrogen and oxygen atoms in total. The van der Waals surface area contributed by atoms with Crippen LogP contribution in [0.4, 0.5) is 0 Å². The molecule has 0 aliphatic rings. The first-order valence-electron chi connectivity index (χ1n) is 6.07. The van der Waals surface area contributed by atoms with E-state index in [9.17, 15) is 4.79 Å². The van der Waals surface area contributed by atoms with Crippen molar-refractivity contribution in [1.29, 1.82) is 0 Å². The number of para-hydroxylation sites is 1. The highest BCUT2D eigenvalue weighted by Crippen LogP contribution is 2.32. The van der Waals surface area contributed by atoms with Crippen LogP contribution in [-0.2, 0) is 0 Å². The van der Waals surface area contributed by atoms with Crippen molar-refractivity contribution in [1.82, 2.24) is 0 Å². The number of quaternary nitrogens is 1. The lowest BCUT2D eigenvalue weighted by molar-refractivity contribution is -0.867. The van der Waals surface area contributed by atoms with Crippen molar-refractivity contribution in [3.8, 4) is 11.5 Å². The molecule has 0 heterocycles. The lowest BCUT2D eigenvalue weighted by Gasteiger charge is -2.23. The van der Waals surface area contributed by atoms with E-state index in [1.165, 1.54) is 11.8 Å². The van der Waals surface area contributed by atoms with Gasteiger partial charge < -0.3 is 14.0 Å². The highest BCUT2D eigenvalue weighted by atomic mass is 32.2. The van der Waals surface area contributed by atoms with Gasteiger partial charge >= 0.3 is 0 Å². The van der Waals surface area contributed by atoms with Crippen LogP contribution in [0, 0.1) is 0 Å². The summed E-state index contributed by atoms with van der Waals surface area (Å²) >= 11 is 1.32. The molecule has 0 atom stereocenters. The SMILES string of the molecule is COc1cccc(C(=O)SCC[N+](C)(C)C)c1OC. The van der Waals surface area contributed by atoms with Crippen LogP contribution in [0.2, 0.25) is 0 Å². The third-order valence-corrected chi connectivity index (χ3v) is 3.49. The number of hydrogen-bond acceptors (Lipinski definition) is 4. The maximum atomic E-state index is 12.2. The number of thioether (sulfide) groups is 1. The Kier molecular flexibility index (Phi) is 5.69. The second-order valence-corrected chi connectivity index (χ2v) is 6.26. The molecule has 0 N–H and O–H groups in total.